The van der Waals surface area contributed by atoms with Crippen LogP contribution in [-0.4, -0.2) is 53.5 Å². The number of urea groups is 1. The van der Waals surface area contributed by atoms with Gasteiger partial charge in [0.05, 0.1) is 0 Å². The Bertz CT molecular complexity index is 322. The number of nitrogens with one attached hydrogen (secondary N) is 1. The van der Waals surface area contributed by atoms with Gasteiger partial charge in [0.2, 0.25) is 0 Å². The van der Waals surface area contributed by atoms with Gasteiger partial charge in [0, 0.05) is 6.54 Å². The minimum atomic E-state index is -0.731. The summed E-state index contributed by atoms with van der Waals surface area (Å²) in [6, 6.07) is -0.249. The molecule has 0 bridgehead atoms. The number of nitrogens with zero attached hydrogens (tertiary/aromatic N) is 2. The van der Waals surface area contributed by atoms with Gasteiger partial charge in [0.15, 0.2) is 0 Å². The summed E-state index contributed by atoms with van der Waals surface area (Å²) in [4.78, 5) is 27.2. The number of rotatable bonds is 4. The Balaban J connectivity index is 1.79. The normalized spacial score (nSPS) is 24.5. The SMILES string of the molecule is CC1(C)NC(=O)N(CCCN2CCCC2)C1=O. The molecule has 0 aromatic heterocycles. The van der Waals surface area contributed by atoms with Crippen molar-refractivity contribution in [2.24, 2.45) is 0 Å². The summed E-state index contributed by atoms with van der Waals surface area (Å²) in [6.45, 7) is 7.32. The zero-order valence-electron chi connectivity index (χ0n) is 10.7. The van der Waals surface area contributed by atoms with E-state index in [1.807, 2.05) is 0 Å². The van der Waals surface area contributed by atoms with Crippen molar-refractivity contribution in [3.63, 3.8) is 0 Å². The predicted molar refractivity (Wildman–Crippen MR) is 64.6 cm³/mol. The fourth-order valence-electron chi connectivity index (χ4n) is 2.48. The van der Waals surface area contributed by atoms with Crippen molar-refractivity contribution in [2.75, 3.05) is 26.2 Å². The standard InChI is InChI=1S/C12H21N3O2/c1-12(2)10(16)15(11(17)13-12)9-5-8-14-6-3-4-7-14/h3-9H2,1-2H3,(H,13,17). The molecule has 17 heavy (non-hydrogen) atoms. The number of carbonyl (C=O) groups is 2. The molecule has 1 N–H and O–H groups in total. The maximum Gasteiger partial charge on any atom is 0.325 e. The van der Waals surface area contributed by atoms with Crippen molar-refractivity contribution >= 4 is 11.9 Å². The highest BCUT2D eigenvalue weighted by Gasteiger charge is 2.43. The number of amides is 3. The Hall–Kier alpha value is -1.10. The van der Waals surface area contributed by atoms with Gasteiger partial charge in [-0.05, 0) is 52.7 Å². The van der Waals surface area contributed by atoms with Gasteiger partial charge in [-0.25, -0.2) is 4.79 Å². The van der Waals surface area contributed by atoms with Crippen molar-refractivity contribution in [1.82, 2.24) is 15.1 Å². The summed E-state index contributed by atoms with van der Waals surface area (Å²) in [5.74, 6) is -0.107. The molecule has 0 saturated carbocycles. The second kappa shape index (κ2) is 4.64. The van der Waals surface area contributed by atoms with E-state index < -0.39 is 5.54 Å². The molecular formula is C12H21N3O2. The fourth-order valence-corrected chi connectivity index (χ4v) is 2.48. The van der Waals surface area contributed by atoms with Crippen LogP contribution in [0.1, 0.15) is 33.1 Å². The molecule has 3 amide bonds. The van der Waals surface area contributed by atoms with Crippen LogP contribution >= 0.6 is 0 Å². The lowest BCUT2D eigenvalue weighted by Crippen LogP contribution is -2.40. The van der Waals surface area contributed by atoms with Crippen LogP contribution in [0.15, 0.2) is 0 Å². The van der Waals surface area contributed by atoms with Gasteiger partial charge in [0.1, 0.15) is 5.54 Å². The number of hydrogen-bond donors (Lipinski definition) is 1. The van der Waals surface area contributed by atoms with Crippen LogP contribution in [0.4, 0.5) is 4.79 Å². The van der Waals surface area contributed by atoms with Gasteiger partial charge in [-0.15, -0.1) is 0 Å². The van der Waals surface area contributed by atoms with E-state index in [-0.39, 0.29) is 11.9 Å². The average molecular weight is 239 g/mol. The van der Waals surface area contributed by atoms with Crippen LogP contribution in [0.3, 0.4) is 0 Å². The van der Waals surface area contributed by atoms with Gasteiger partial charge in [-0.3, -0.25) is 9.69 Å². The first-order chi connectivity index (χ1) is 8.00. The lowest BCUT2D eigenvalue weighted by Gasteiger charge is -2.18. The fraction of sp³-hybridized carbons (Fsp3) is 0.833. The third kappa shape index (κ3) is 2.60. The largest absolute Gasteiger partial charge is 0.325 e. The van der Waals surface area contributed by atoms with E-state index in [9.17, 15) is 9.59 Å². The third-order valence-electron chi connectivity index (χ3n) is 3.50. The first-order valence-corrected chi connectivity index (χ1v) is 6.37. The Kier molecular flexibility index (Phi) is 3.38. The van der Waals surface area contributed by atoms with E-state index in [1.165, 1.54) is 17.7 Å². The van der Waals surface area contributed by atoms with Gasteiger partial charge < -0.3 is 10.2 Å². The van der Waals surface area contributed by atoms with Crippen LogP contribution in [-0.2, 0) is 4.79 Å². The molecule has 0 aliphatic carbocycles. The summed E-state index contributed by atoms with van der Waals surface area (Å²) >= 11 is 0. The molecule has 0 radical (unpaired) electrons. The monoisotopic (exact) mass is 239 g/mol. The molecule has 0 aromatic rings. The van der Waals surface area contributed by atoms with E-state index in [2.05, 4.69) is 10.2 Å². The molecule has 0 aromatic carbocycles. The molecule has 2 saturated heterocycles. The van der Waals surface area contributed by atoms with Gasteiger partial charge in [-0.1, -0.05) is 0 Å². The Morgan fingerprint density at radius 3 is 2.35 bits per heavy atom. The van der Waals surface area contributed by atoms with E-state index in [0.29, 0.717) is 6.54 Å². The molecule has 0 unspecified atom stereocenters. The first-order valence-electron chi connectivity index (χ1n) is 6.37. The second-order valence-corrected chi connectivity index (χ2v) is 5.41. The molecular weight excluding hydrogens is 218 g/mol. The van der Waals surface area contributed by atoms with Gasteiger partial charge >= 0.3 is 6.03 Å². The predicted octanol–water partition coefficient (Wildman–Crippen LogP) is 0.803. The number of carbonyl (C=O) groups excluding carboxylic acids is 2. The molecule has 2 rings (SSSR count). The average Bonchev–Trinajstić information content (AvgIpc) is 2.80. The molecule has 0 spiro atoms. The van der Waals surface area contributed by atoms with Crippen LogP contribution in [0, 0.1) is 0 Å². The molecule has 96 valence electrons. The van der Waals surface area contributed by atoms with Crippen LogP contribution in [0.2, 0.25) is 0 Å². The van der Waals surface area contributed by atoms with E-state index in [4.69, 9.17) is 0 Å². The smallest absolute Gasteiger partial charge is 0.324 e. The van der Waals surface area contributed by atoms with Crippen molar-refractivity contribution in [3.05, 3.63) is 0 Å². The highest BCUT2D eigenvalue weighted by atomic mass is 16.2. The minimum absolute atomic E-state index is 0.107. The van der Waals surface area contributed by atoms with Crippen molar-refractivity contribution in [3.8, 4) is 0 Å². The van der Waals surface area contributed by atoms with Crippen molar-refractivity contribution < 1.29 is 9.59 Å². The van der Waals surface area contributed by atoms with E-state index >= 15 is 0 Å². The molecule has 2 fully saturated rings. The quantitative estimate of drug-likeness (QED) is 0.738. The Labute approximate surface area is 102 Å². The number of hydrogen-bond acceptors (Lipinski definition) is 3. The minimum Gasteiger partial charge on any atom is -0.324 e. The van der Waals surface area contributed by atoms with Crippen LogP contribution in [0.5, 0.6) is 0 Å². The number of imide groups is 1. The molecule has 5 heteroatoms. The Morgan fingerprint density at radius 2 is 1.82 bits per heavy atom. The lowest BCUT2D eigenvalue weighted by atomic mass is 10.1. The number of likely N-dealkylation sites (tertiary alicyclic amines) is 1. The zero-order valence-corrected chi connectivity index (χ0v) is 10.7. The molecule has 0 atom stereocenters. The lowest BCUT2D eigenvalue weighted by molar-refractivity contribution is -0.130. The van der Waals surface area contributed by atoms with Crippen molar-refractivity contribution in [2.45, 2.75) is 38.6 Å². The topological polar surface area (TPSA) is 52.7 Å². The van der Waals surface area contributed by atoms with E-state index in [0.717, 1.165) is 26.1 Å². The highest BCUT2D eigenvalue weighted by molar-refractivity contribution is 6.06. The summed E-state index contributed by atoms with van der Waals surface area (Å²) < 4.78 is 0. The van der Waals surface area contributed by atoms with Crippen LogP contribution in [0.25, 0.3) is 0 Å². The van der Waals surface area contributed by atoms with Gasteiger partial charge in [0.25, 0.3) is 5.91 Å². The van der Waals surface area contributed by atoms with Crippen molar-refractivity contribution in [1.29, 1.82) is 0 Å². The summed E-state index contributed by atoms with van der Waals surface area (Å²) in [5, 5.41) is 2.70. The first kappa shape index (κ1) is 12.4. The Morgan fingerprint density at radius 1 is 1.18 bits per heavy atom. The van der Waals surface area contributed by atoms with Gasteiger partial charge in [-0.2, -0.15) is 0 Å². The molecule has 5 nitrogen and oxygen atoms in total. The second-order valence-electron chi connectivity index (χ2n) is 5.41. The highest BCUT2D eigenvalue weighted by Crippen LogP contribution is 2.17. The molecule has 2 heterocycles. The molecule has 2 aliphatic heterocycles. The summed E-state index contributed by atoms with van der Waals surface area (Å²) in [7, 11) is 0. The molecule has 2 aliphatic rings. The van der Waals surface area contributed by atoms with E-state index in [1.54, 1.807) is 13.8 Å². The maximum absolute atomic E-state index is 11.9. The van der Waals surface area contributed by atoms with Crippen LogP contribution < -0.4 is 5.32 Å². The zero-order chi connectivity index (χ0) is 12.5. The maximum atomic E-state index is 11.9. The third-order valence-corrected chi connectivity index (χ3v) is 3.50. The summed E-state index contributed by atoms with van der Waals surface area (Å²) in [6.07, 6.45) is 3.42. The summed E-state index contributed by atoms with van der Waals surface area (Å²) in [5.41, 5.74) is -0.731.